The van der Waals surface area contributed by atoms with Crippen LogP contribution in [0.2, 0.25) is 5.02 Å². The van der Waals surface area contributed by atoms with E-state index in [0.29, 0.717) is 34.7 Å². The minimum atomic E-state index is -0.812. The van der Waals surface area contributed by atoms with E-state index in [-0.39, 0.29) is 29.0 Å². The summed E-state index contributed by atoms with van der Waals surface area (Å²) in [6.45, 7) is 3.63. The van der Waals surface area contributed by atoms with E-state index in [1.54, 1.807) is 34.7 Å². The minimum Gasteiger partial charge on any atom is -0.482 e. The van der Waals surface area contributed by atoms with Crippen LogP contribution in [0.1, 0.15) is 39.3 Å². The van der Waals surface area contributed by atoms with Crippen molar-refractivity contribution in [3.8, 4) is 11.8 Å². The maximum Gasteiger partial charge on any atom is 0.261 e. The van der Waals surface area contributed by atoms with Crippen molar-refractivity contribution in [3.63, 3.8) is 0 Å². The number of nitrogens with zero attached hydrogens (tertiary/aromatic N) is 6. The lowest BCUT2D eigenvalue weighted by Gasteiger charge is -2.35. The molecule has 1 unspecified atom stereocenters. The second-order valence-electron chi connectivity index (χ2n) is 7.92. The van der Waals surface area contributed by atoms with Gasteiger partial charge in [-0.25, -0.2) is 13.9 Å². The average molecular weight is 497 g/mol. The maximum atomic E-state index is 15.1. The molecular formula is C23H18ClFN6O2S. The van der Waals surface area contributed by atoms with Crippen molar-refractivity contribution in [2.45, 2.75) is 26.3 Å². The average Bonchev–Trinajstić information content (AvgIpc) is 3.33. The normalized spacial score (nSPS) is 15.3. The SMILES string of the molecule is Cc1cnc(C2c3c(nc4sc(C)nn34)CCN2C(=O)COc2ccc(C#N)cc2Cl)c(F)c1. The monoisotopic (exact) mass is 496 g/mol. The van der Waals surface area contributed by atoms with Crippen LogP contribution in [0.15, 0.2) is 30.5 Å². The summed E-state index contributed by atoms with van der Waals surface area (Å²) in [6, 6.07) is 7.15. The lowest BCUT2D eigenvalue weighted by molar-refractivity contribution is -0.135. The van der Waals surface area contributed by atoms with Gasteiger partial charge in [-0.3, -0.25) is 9.78 Å². The number of carbonyl (C=O) groups excluding carboxylic acids is 1. The number of halogens is 2. The molecule has 0 spiro atoms. The number of fused-ring (bicyclic) bond motifs is 3. The van der Waals surface area contributed by atoms with Gasteiger partial charge in [0.05, 0.1) is 28.0 Å². The molecule has 4 aromatic rings. The molecule has 1 aliphatic rings. The van der Waals surface area contributed by atoms with Gasteiger partial charge in [-0.1, -0.05) is 22.9 Å². The standard InChI is InChI=1S/C23H18ClFN6O2S/c1-12-7-16(25)20(27-10-12)22-21-17(28-23-31(21)29-13(2)34-23)5-6-30(22)19(32)11-33-18-4-3-14(9-26)8-15(18)24/h3-4,7-8,10,22H,5-6,11H2,1-2H3. The number of aromatic nitrogens is 4. The number of rotatable bonds is 4. The summed E-state index contributed by atoms with van der Waals surface area (Å²) in [5.74, 6) is -0.585. The number of hydrogen-bond acceptors (Lipinski definition) is 7. The fourth-order valence-electron chi connectivity index (χ4n) is 4.06. The van der Waals surface area contributed by atoms with Crippen molar-refractivity contribution in [2.75, 3.05) is 13.2 Å². The van der Waals surface area contributed by atoms with Crippen molar-refractivity contribution in [3.05, 3.63) is 74.5 Å². The fourth-order valence-corrected chi connectivity index (χ4v) is 5.07. The van der Waals surface area contributed by atoms with Crippen molar-refractivity contribution in [1.29, 1.82) is 5.26 Å². The molecule has 8 nitrogen and oxygen atoms in total. The van der Waals surface area contributed by atoms with E-state index in [1.165, 1.54) is 23.5 Å². The van der Waals surface area contributed by atoms with Crippen LogP contribution in [0.3, 0.4) is 0 Å². The summed E-state index contributed by atoms with van der Waals surface area (Å²) in [5, 5.41) is 14.6. The van der Waals surface area contributed by atoms with Crippen LogP contribution < -0.4 is 4.74 Å². The zero-order valence-electron chi connectivity index (χ0n) is 18.2. The summed E-state index contributed by atoms with van der Waals surface area (Å²) in [6.07, 6.45) is 2.07. The Morgan fingerprint density at radius 2 is 2.21 bits per heavy atom. The molecule has 1 aliphatic heterocycles. The third-order valence-electron chi connectivity index (χ3n) is 5.57. The number of aryl methyl sites for hydroxylation is 2. The van der Waals surface area contributed by atoms with Crippen LogP contribution in [-0.2, 0) is 11.2 Å². The molecule has 11 heteroatoms. The third kappa shape index (κ3) is 3.87. The van der Waals surface area contributed by atoms with Crippen LogP contribution in [0.4, 0.5) is 4.39 Å². The topological polar surface area (TPSA) is 96.4 Å². The first-order valence-corrected chi connectivity index (χ1v) is 11.6. The zero-order chi connectivity index (χ0) is 24.0. The van der Waals surface area contributed by atoms with Crippen LogP contribution in [-0.4, -0.2) is 43.5 Å². The van der Waals surface area contributed by atoms with Gasteiger partial charge >= 0.3 is 0 Å². The van der Waals surface area contributed by atoms with Crippen LogP contribution in [0.25, 0.3) is 4.96 Å². The molecule has 0 saturated heterocycles. The number of imidazole rings is 1. The van der Waals surface area contributed by atoms with E-state index < -0.39 is 11.9 Å². The van der Waals surface area contributed by atoms with E-state index in [0.717, 1.165) is 10.7 Å². The molecule has 0 fully saturated rings. The smallest absolute Gasteiger partial charge is 0.261 e. The lowest BCUT2D eigenvalue weighted by atomic mass is 9.98. The van der Waals surface area contributed by atoms with Gasteiger partial charge in [0.15, 0.2) is 6.61 Å². The van der Waals surface area contributed by atoms with Crippen LogP contribution >= 0.6 is 22.9 Å². The highest BCUT2D eigenvalue weighted by molar-refractivity contribution is 7.16. The molecule has 0 saturated carbocycles. The Bertz CT molecular complexity index is 1480. The number of amides is 1. The molecule has 0 bridgehead atoms. The lowest BCUT2D eigenvalue weighted by Crippen LogP contribution is -2.44. The Hall–Kier alpha value is -3.55. The van der Waals surface area contributed by atoms with E-state index >= 15 is 4.39 Å². The van der Waals surface area contributed by atoms with Crippen LogP contribution in [0.5, 0.6) is 5.75 Å². The van der Waals surface area contributed by atoms with Gasteiger partial charge in [-0.2, -0.15) is 10.4 Å². The first-order chi connectivity index (χ1) is 16.4. The summed E-state index contributed by atoms with van der Waals surface area (Å²) in [7, 11) is 0. The molecule has 0 aliphatic carbocycles. The quantitative estimate of drug-likeness (QED) is 0.423. The van der Waals surface area contributed by atoms with Crippen molar-refractivity contribution in [2.24, 2.45) is 0 Å². The maximum absolute atomic E-state index is 15.1. The van der Waals surface area contributed by atoms with Gasteiger partial charge < -0.3 is 9.64 Å². The van der Waals surface area contributed by atoms with Gasteiger partial charge in [0, 0.05) is 19.2 Å². The van der Waals surface area contributed by atoms with E-state index in [2.05, 4.69) is 15.1 Å². The van der Waals surface area contributed by atoms with Gasteiger partial charge in [0.2, 0.25) is 4.96 Å². The molecule has 1 aromatic carbocycles. The number of benzene rings is 1. The summed E-state index contributed by atoms with van der Waals surface area (Å²) in [4.78, 5) is 24.6. The molecule has 34 heavy (non-hydrogen) atoms. The predicted octanol–water partition coefficient (Wildman–Crippen LogP) is 4.02. The van der Waals surface area contributed by atoms with Crippen LogP contribution in [0, 0.1) is 31.0 Å². The van der Waals surface area contributed by atoms with Crippen molar-refractivity contribution < 1.29 is 13.9 Å². The molecule has 4 heterocycles. The highest BCUT2D eigenvalue weighted by atomic mass is 35.5. The number of nitriles is 1. The number of carbonyl (C=O) groups is 1. The van der Waals surface area contributed by atoms with Crippen molar-refractivity contribution >= 4 is 33.8 Å². The second kappa shape index (κ2) is 8.66. The first kappa shape index (κ1) is 22.3. The Balaban J connectivity index is 1.51. The Morgan fingerprint density at radius 3 is 2.94 bits per heavy atom. The highest BCUT2D eigenvalue weighted by Crippen LogP contribution is 2.37. The summed E-state index contributed by atoms with van der Waals surface area (Å²) >= 11 is 7.61. The molecule has 1 amide bonds. The van der Waals surface area contributed by atoms with Gasteiger partial charge in [-0.05, 0) is 43.7 Å². The second-order valence-corrected chi connectivity index (χ2v) is 9.49. The number of ether oxygens (including phenoxy) is 1. The molecule has 1 atom stereocenters. The Labute approximate surface area is 203 Å². The minimum absolute atomic E-state index is 0.128. The van der Waals surface area contributed by atoms with Gasteiger partial charge in [0.25, 0.3) is 5.91 Å². The van der Waals surface area contributed by atoms with E-state index in [9.17, 15) is 4.79 Å². The first-order valence-electron chi connectivity index (χ1n) is 10.4. The molecule has 0 radical (unpaired) electrons. The third-order valence-corrected chi connectivity index (χ3v) is 6.69. The fraction of sp³-hybridized carbons (Fsp3) is 0.261. The molecule has 5 rings (SSSR count). The predicted molar refractivity (Wildman–Crippen MR) is 123 cm³/mol. The Morgan fingerprint density at radius 1 is 1.38 bits per heavy atom. The van der Waals surface area contributed by atoms with Gasteiger partial charge in [-0.15, -0.1) is 0 Å². The number of hydrogen-bond donors (Lipinski definition) is 0. The summed E-state index contributed by atoms with van der Waals surface area (Å²) in [5.41, 5.74) is 2.59. The van der Waals surface area contributed by atoms with E-state index in [4.69, 9.17) is 21.6 Å². The summed E-state index contributed by atoms with van der Waals surface area (Å²) < 4.78 is 22.5. The Kier molecular flexibility index (Phi) is 5.67. The highest BCUT2D eigenvalue weighted by Gasteiger charge is 2.39. The molecule has 172 valence electrons. The van der Waals surface area contributed by atoms with E-state index in [1.807, 2.05) is 13.0 Å². The van der Waals surface area contributed by atoms with Crippen molar-refractivity contribution in [1.82, 2.24) is 24.5 Å². The number of pyridine rings is 1. The molecule has 0 N–H and O–H groups in total. The largest absolute Gasteiger partial charge is 0.482 e. The zero-order valence-corrected chi connectivity index (χ0v) is 19.8. The molecular weight excluding hydrogens is 479 g/mol. The molecule has 3 aromatic heterocycles. The van der Waals surface area contributed by atoms with Gasteiger partial charge in [0.1, 0.15) is 28.3 Å².